The molecule has 1 rings (SSSR count). The molecule has 0 heterocycles. The third-order valence-corrected chi connectivity index (χ3v) is 3.25. The lowest BCUT2D eigenvalue weighted by molar-refractivity contribution is -0.188. The van der Waals surface area contributed by atoms with Crippen molar-refractivity contribution in [1.29, 1.82) is 0 Å². The quantitative estimate of drug-likeness (QED) is 0.278. The van der Waals surface area contributed by atoms with E-state index in [0.717, 1.165) is 12.8 Å². The van der Waals surface area contributed by atoms with Gasteiger partial charge in [0.1, 0.15) is 30.5 Å². The maximum Gasteiger partial charge on any atom is 0.315 e. The molecule has 2 unspecified atom stereocenters. The lowest BCUT2D eigenvalue weighted by Crippen LogP contribution is -2.69. The van der Waals surface area contributed by atoms with Crippen LogP contribution in [-0.2, 0) is 0 Å². The van der Waals surface area contributed by atoms with Crippen molar-refractivity contribution < 1.29 is 30.3 Å². The zero-order chi connectivity index (χ0) is 14.6. The van der Waals surface area contributed by atoms with E-state index in [4.69, 9.17) is 0 Å². The summed E-state index contributed by atoms with van der Waals surface area (Å²) in [6, 6.07) is -1.87. The Morgan fingerprint density at radius 2 is 1.42 bits per heavy atom. The van der Waals surface area contributed by atoms with E-state index in [9.17, 15) is 30.3 Å². The molecule has 1 saturated carbocycles. The zero-order valence-corrected chi connectivity index (χ0v) is 10.7. The maximum atomic E-state index is 11.5. The summed E-state index contributed by atoms with van der Waals surface area (Å²) in [6.45, 7) is 2.40. The Bertz CT molecular complexity index is 287. The first-order chi connectivity index (χ1) is 8.90. The molecule has 1 fully saturated rings. The van der Waals surface area contributed by atoms with Crippen molar-refractivity contribution >= 4 is 6.03 Å². The van der Waals surface area contributed by atoms with Crippen molar-refractivity contribution in [1.82, 2.24) is 10.6 Å². The van der Waals surface area contributed by atoms with Gasteiger partial charge in [-0.25, -0.2) is 4.79 Å². The van der Waals surface area contributed by atoms with Gasteiger partial charge in [0, 0.05) is 6.54 Å². The molecular weight excluding hydrogens is 256 g/mol. The van der Waals surface area contributed by atoms with Crippen molar-refractivity contribution in [2.45, 2.75) is 56.3 Å². The first-order valence-corrected chi connectivity index (χ1v) is 6.34. The Balaban J connectivity index is 2.57. The highest BCUT2D eigenvalue weighted by Gasteiger charge is 2.48. The molecule has 0 aromatic carbocycles. The number of rotatable bonds is 4. The van der Waals surface area contributed by atoms with Crippen LogP contribution in [0.1, 0.15) is 19.8 Å². The van der Waals surface area contributed by atoms with Crippen LogP contribution >= 0.6 is 0 Å². The highest BCUT2D eigenvalue weighted by molar-refractivity contribution is 5.74. The molecule has 0 spiro atoms. The number of unbranched alkanes of at least 4 members (excludes halogenated alkanes) is 1. The van der Waals surface area contributed by atoms with Gasteiger partial charge in [0.05, 0.1) is 6.04 Å². The highest BCUT2D eigenvalue weighted by atomic mass is 16.4. The minimum absolute atomic E-state index is 0.439. The second kappa shape index (κ2) is 7.01. The molecule has 1 aliphatic carbocycles. The number of carbonyl (C=O) groups excluding carboxylic acids is 1. The van der Waals surface area contributed by atoms with Crippen LogP contribution < -0.4 is 10.6 Å². The number of hydrogen-bond acceptors (Lipinski definition) is 6. The number of aliphatic hydroxyl groups excluding tert-OH is 5. The fourth-order valence-corrected chi connectivity index (χ4v) is 1.98. The smallest absolute Gasteiger partial charge is 0.315 e. The molecule has 0 aromatic heterocycles. The molecule has 19 heavy (non-hydrogen) atoms. The van der Waals surface area contributed by atoms with E-state index in [1.807, 2.05) is 6.92 Å². The third kappa shape index (κ3) is 3.77. The normalized spacial score (nSPS) is 38.8. The molecule has 112 valence electrons. The van der Waals surface area contributed by atoms with E-state index in [-0.39, 0.29) is 0 Å². The second-order valence-electron chi connectivity index (χ2n) is 4.73. The standard InChI is InChI=1S/C11H22N2O6/c1-2-3-4-12-11(19)13-5-6(14)8(16)10(18)9(17)7(5)15/h5-10,14-18H,2-4H2,1H3,(H2,12,13,19)/t5?,6-,7+,8+,9-,10?. The Morgan fingerprint density at radius 3 is 1.89 bits per heavy atom. The van der Waals surface area contributed by atoms with Crippen molar-refractivity contribution in [3.05, 3.63) is 0 Å². The van der Waals surface area contributed by atoms with Crippen LogP contribution in [0, 0.1) is 0 Å². The average Bonchev–Trinajstić information content (AvgIpc) is 2.39. The molecule has 1 aliphatic rings. The van der Waals surface area contributed by atoms with E-state index < -0.39 is 42.6 Å². The molecule has 2 amide bonds. The average molecular weight is 278 g/mol. The molecular formula is C11H22N2O6. The number of nitrogens with one attached hydrogen (secondary N) is 2. The topological polar surface area (TPSA) is 142 Å². The minimum atomic E-state index is -1.66. The Labute approximate surface area is 111 Å². The summed E-state index contributed by atoms with van der Waals surface area (Å²) in [4.78, 5) is 11.5. The SMILES string of the molecule is CCCCNC(=O)NC1[C@@H](O)[C@H](O)C(O)[C@H](O)[C@H]1O. The van der Waals surface area contributed by atoms with Crippen LogP contribution in [0.5, 0.6) is 0 Å². The molecule has 6 atom stereocenters. The summed E-state index contributed by atoms with van der Waals surface area (Å²) < 4.78 is 0. The number of urea groups is 1. The van der Waals surface area contributed by atoms with Gasteiger partial charge < -0.3 is 36.2 Å². The summed E-state index contributed by atoms with van der Waals surface area (Å²) in [5, 5.41) is 52.5. The number of aliphatic hydroxyl groups is 5. The van der Waals surface area contributed by atoms with Gasteiger partial charge >= 0.3 is 6.03 Å². The van der Waals surface area contributed by atoms with Gasteiger partial charge in [0.15, 0.2) is 0 Å². The molecule has 0 radical (unpaired) electrons. The number of amides is 2. The van der Waals surface area contributed by atoms with Crippen molar-refractivity contribution in [2.24, 2.45) is 0 Å². The lowest BCUT2D eigenvalue weighted by atomic mass is 9.83. The largest absolute Gasteiger partial charge is 0.388 e. The van der Waals surface area contributed by atoms with Crippen LogP contribution in [0.4, 0.5) is 4.79 Å². The van der Waals surface area contributed by atoms with Crippen LogP contribution in [0.15, 0.2) is 0 Å². The summed E-state index contributed by atoms with van der Waals surface area (Å²) in [7, 11) is 0. The van der Waals surface area contributed by atoms with E-state index in [1.54, 1.807) is 0 Å². The Morgan fingerprint density at radius 1 is 0.947 bits per heavy atom. The Kier molecular flexibility index (Phi) is 5.95. The summed E-state index contributed by atoms with van der Waals surface area (Å²) in [6.07, 6.45) is -6.38. The molecule has 0 aromatic rings. The number of carbonyl (C=O) groups is 1. The fraction of sp³-hybridized carbons (Fsp3) is 0.909. The molecule has 0 saturated heterocycles. The van der Waals surface area contributed by atoms with Crippen LogP contribution in [0.25, 0.3) is 0 Å². The van der Waals surface area contributed by atoms with Crippen molar-refractivity contribution in [3.8, 4) is 0 Å². The molecule has 0 aliphatic heterocycles. The predicted octanol–water partition coefficient (Wildman–Crippen LogP) is -2.73. The van der Waals surface area contributed by atoms with E-state index in [0.29, 0.717) is 6.54 Å². The first kappa shape index (κ1) is 16.1. The fourth-order valence-electron chi connectivity index (χ4n) is 1.98. The van der Waals surface area contributed by atoms with Crippen LogP contribution in [-0.4, -0.2) is 74.7 Å². The second-order valence-corrected chi connectivity index (χ2v) is 4.73. The van der Waals surface area contributed by atoms with Gasteiger partial charge in [-0.3, -0.25) is 0 Å². The molecule has 0 bridgehead atoms. The van der Waals surface area contributed by atoms with Gasteiger partial charge in [-0.1, -0.05) is 13.3 Å². The van der Waals surface area contributed by atoms with Gasteiger partial charge in [-0.05, 0) is 6.42 Å². The van der Waals surface area contributed by atoms with Gasteiger partial charge in [0.2, 0.25) is 0 Å². The van der Waals surface area contributed by atoms with Gasteiger partial charge in [0.25, 0.3) is 0 Å². The third-order valence-electron chi connectivity index (χ3n) is 3.25. The summed E-state index contributed by atoms with van der Waals surface area (Å²) >= 11 is 0. The summed E-state index contributed by atoms with van der Waals surface area (Å²) in [5.41, 5.74) is 0. The van der Waals surface area contributed by atoms with Crippen LogP contribution in [0.3, 0.4) is 0 Å². The van der Waals surface area contributed by atoms with Gasteiger partial charge in [-0.2, -0.15) is 0 Å². The molecule has 7 N–H and O–H groups in total. The molecule has 8 nitrogen and oxygen atoms in total. The van der Waals surface area contributed by atoms with Crippen molar-refractivity contribution in [3.63, 3.8) is 0 Å². The predicted molar refractivity (Wildman–Crippen MR) is 65.3 cm³/mol. The number of hydrogen-bond donors (Lipinski definition) is 7. The zero-order valence-electron chi connectivity index (χ0n) is 10.7. The summed E-state index contributed by atoms with van der Waals surface area (Å²) in [5.74, 6) is 0. The monoisotopic (exact) mass is 278 g/mol. The first-order valence-electron chi connectivity index (χ1n) is 6.34. The molecule has 8 heteroatoms. The van der Waals surface area contributed by atoms with E-state index in [1.165, 1.54) is 0 Å². The van der Waals surface area contributed by atoms with E-state index >= 15 is 0 Å². The minimum Gasteiger partial charge on any atom is -0.388 e. The Hall–Kier alpha value is -0.930. The van der Waals surface area contributed by atoms with Crippen molar-refractivity contribution in [2.75, 3.05) is 6.54 Å². The van der Waals surface area contributed by atoms with Gasteiger partial charge in [-0.15, -0.1) is 0 Å². The van der Waals surface area contributed by atoms with E-state index in [2.05, 4.69) is 10.6 Å². The lowest BCUT2D eigenvalue weighted by Gasteiger charge is -2.41. The van der Waals surface area contributed by atoms with Crippen LogP contribution in [0.2, 0.25) is 0 Å². The highest BCUT2D eigenvalue weighted by Crippen LogP contribution is 2.21. The maximum absolute atomic E-state index is 11.5.